The molecular weight excluding hydrogens is 300 g/mol. The highest BCUT2D eigenvalue weighted by atomic mass is 32.2. The third-order valence-electron chi connectivity index (χ3n) is 3.18. The Hall–Kier alpha value is -0.960. The van der Waals surface area contributed by atoms with Gasteiger partial charge >= 0.3 is 0 Å². The van der Waals surface area contributed by atoms with Crippen molar-refractivity contribution in [3.8, 4) is 0 Å². The third-order valence-corrected chi connectivity index (χ3v) is 5.76. The molecular formula is C12H20N2O4S2. The van der Waals surface area contributed by atoms with Crippen LogP contribution < -0.4 is 9.86 Å². The first-order valence-electron chi connectivity index (χ1n) is 6.17. The lowest BCUT2D eigenvalue weighted by atomic mass is 9.99. The first kappa shape index (κ1) is 17.1. The van der Waals surface area contributed by atoms with Gasteiger partial charge in [-0.3, -0.25) is 0 Å². The quantitative estimate of drug-likeness (QED) is 0.812. The molecule has 1 aromatic carbocycles. The van der Waals surface area contributed by atoms with Gasteiger partial charge < -0.3 is 0 Å². The highest BCUT2D eigenvalue weighted by molar-refractivity contribution is 7.92. The molecule has 3 N–H and O–H groups in total. The summed E-state index contributed by atoms with van der Waals surface area (Å²) in [5.41, 5.74) is 0. The molecule has 8 heteroatoms. The van der Waals surface area contributed by atoms with Crippen molar-refractivity contribution in [3.05, 3.63) is 24.3 Å². The predicted molar refractivity (Wildman–Crippen MR) is 77.0 cm³/mol. The minimum absolute atomic E-state index is 0.131. The van der Waals surface area contributed by atoms with Gasteiger partial charge in [0.1, 0.15) is 9.79 Å². The van der Waals surface area contributed by atoms with Gasteiger partial charge in [-0.05, 0) is 24.0 Å². The lowest BCUT2D eigenvalue weighted by Crippen LogP contribution is -2.31. The molecule has 6 nitrogen and oxygen atoms in total. The maximum Gasteiger partial charge on any atom is 0.241 e. The van der Waals surface area contributed by atoms with Crippen LogP contribution in [0.4, 0.5) is 0 Å². The van der Waals surface area contributed by atoms with Crippen molar-refractivity contribution in [2.75, 3.05) is 6.54 Å². The van der Waals surface area contributed by atoms with Crippen molar-refractivity contribution >= 4 is 20.0 Å². The van der Waals surface area contributed by atoms with Crippen LogP contribution in [0, 0.1) is 11.8 Å². The lowest BCUT2D eigenvalue weighted by Gasteiger charge is -2.17. The number of hydrogen-bond acceptors (Lipinski definition) is 4. The second-order valence-corrected chi connectivity index (χ2v) is 8.33. The van der Waals surface area contributed by atoms with E-state index < -0.39 is 24.9 Å². The van der Waals surface area contributed by atoms with Crippen LogP contribution in [-0.4, -0.2) is 23.4 Å². The second kappa shape index (κ2) is 6.21. The fourth-order valence-corrected chi connectivity index (χ4v) is 3.98. The Morgan fingerprint density at radius 1 is 1.05 bits per heavy atom. The van der Waals surface area contributed by atoms with E-state index in [1.165, 1.54) is 24.3 Å². The molecule has 114 valence electrons. The number of rotatable bonds is 6. The fraction of sp³-hybridized carbons (Fsp3) is 0.500. The molecule has 0 spiro atoms. The van der Waals surface area contributed by atoms with Crippen LogP contribution in [0.25, 0.3) is 0 Å². The van der Waals surface area contributed by atoms with Gasteiger partial charge in [-0.1, -0.05) is 32.9 Å². The van der Waals surface area contributed by atoms with Crippen molar-refractivity contribution < 1.29 is 16.8 Å². The fourth-order valence-electron chi connectivity index (χ4n) is 1.46. The molecule has 0 aliphatic carbocycles. The first-order valence-corrected chi connectivity index (χ1v) is 9.20. The average molecular weight is 320 g/mol. The number of nitrogens with two attached hydrogens (primary N) is 1. The lowest BCUT2D eigenvalue weighted by molar-refractivity contribution is 0.414. The van der Waals surface area contributed by atoms with Gasteiger partial charge in [-0.2, -0.15) is 0 Å². The summed E-state index contributed by atoms with van der Waals surface area (Å²) in [7, 11) is -8.00. The Labute approximate surface area is 120 Å². The van der Waals surface area contributed by atoms with Crippen molar-refractivity contribution in [1.82, 2.24) is 4.72 Å². The van der Waals surface area contributed by atoms with Crippen LogP contribution >= 0.6 is 0 Å². The maximum absolute atomic E-state index is 12.2. The summed E-state index contributed by atoms with van der Waals surface area (Å²) >= 11 is 0. The van der Waals surface area contributed by atoms with Crippen LogP contribution in [0.5, 0.6) is 0 Å². The minimum Gasteiger partial charge on any atom is -0.225 e. The summed E-state index contributed by atoms with van der Waals surface area (Å²) in [6.45, 7) is 6.12. The SMILES string of the molecule is CC(C)C(C)CNS(=O)(=O)c1ccccc1S(N)(=O)=O. The molecule has 0 saturated carbocycles. The third kappa shape index (κ3) is 4.27. The van der Waals surface area contributed by atoms with E-state index in [4.69, 9.17) is 5.14 Å². The number of sulfonamides is 2. The van der Waals surface area contributed by atoms with Crippen LogP contribution in [0.2, 0.25) is 0 Å². The average Bonchev–Trinajstić information content (AvgIpc) is 2.35. The standard InChI is InChI=1S/C12H20N2O4S2/c1-9(2)10(3)8-14-20(17,18)12-7-5-4-6-11(12)19(13,15)16/h4-7,9-10,14H,8H2,1-3H3,(H2,13,15,16). The molecule has 1 aromatic rings. The molecule has 0 saturated heterocycles. The van der Waals surface area contributed by atoms with Gasteiger partial charge in [0.15, 0.2) is 0 Å². The van der Waals surface area contributed by atoms with Gasteiger partial charge in [0, 0.05) is 6.54 Å². The molecule has 20 heavy (non-hydrogen) atoms. The van der Waals surface area contributed by atoms with E-state index >= 15 is 0 Å². The summed E-state index contributed by atoms with van der Waals surface area (Å²) in [5, 5.41) is 5.04. The number of benzene rings is 1. The predicted octanol–water partition coefficient (Wildman–Crippen LogP) is 0.904. The first-order chi connectivity index (χ1) is 9.05. The molecule has 0 aliphatic rings. The van der Waals surface area contributed by atoms with E-state index in [1.807, 2.05) is 20.8 Å². The van der Waals surface area contributed by atoms with E-state index in [2.05, 4.69) is 4.72 Å². The Morgan fingerprint density at radius 2 is 1.55 bits per heavy atom. The topological polar surface area (TPSA) is 106 Å². The number of nitrogens with one attached hydrogen (secondary N) is 1. The molecule has 1 atom stereocenters. The van der Waals surface area contributed by atoms with Crippen molar-refractivity contribution in [2.24, 2.45) is 17.0 Å². The summed E-state index contributed by atoms with van der Waals surface area (Å²) in [4.78, 5) is -0.719. The van der Waals surface area contributed by atoms with Crippen LogP contribution in [0.15, 0.2) is 34.1 Å². The van der Waals surface area contributed by atoms with Gasteiger partial charge in [0.25, 0.3) is 0 Å². The Morgan fingerprint density at radius 3 is 2.00 bits per heavy atom. The highest BCUT2D eigenvalue weighted by Gasteiger charge is 2.24. The van der Waals surface area contributed by atoms with Gasteiger partial charge in [-0.25, -0.2) is 26.7 Å². The molecule has 0 amide bonds. The number of hydrogen-bond donors (Lipinski definition) is 2. The monoisotopic (exact) mass is 320 g/mol. The van der Waals surface area contributed by atoms with E-state index in [0.29, 0.717) is 5.92 Å². The molecule has 0 bridgehead atoms. The van der Waals surface area contributed by atoms with Crippen molar-refractivity contribution in [2.45, 2.75) is 30.6 Å². The zero-order valence-corrected chi connectivity index (χ0v) is 13.3. The maximum atomic E-state index is 12.2. The molecule has 0 fully saturated rings. The summed E-state index contributed by atoms with van der Waals surface area (Å²) < 4.78 is 49.7. The summed E-state index contributed by atoms with van der Waals surface area (Å²) in [5.74, 6) is 0.442. The molecule has 1 unspecified atom stereocenters. The molecule has 0 radical (unpaired) electrons. The molecule has 0 aliphatic heterocycles. The van der Waals surface area contributed by atoms with Gasteiger partial charge in [-0.15, -0.1) is 0 Å². The van der Waals surface area contributed by atoms with Crippen LogP contribution in [0.1, 0.15) is 20.8 Å². The van der Waals surface area contributed by atoms with E-state index in [0.717, 1.165) is 0 Å². The van der Waals surface area contributed by atoms with Gasteiger partial charge in [0.05, 0.1) is 0 Å². The highest BCUT2D eigenvalue weighted by Crippen LogP contribution is 2.19. The van der Waals surface area contributed by atoms with E-state index in [9.17, 15) is 16.8 Å². The summed E-state index contributed by atoms with van der Waals surface area (Å²) in [6.07, 6.45) is 0. The summed E-state index contributed by atoms with van der Waals surface area (Å²) in [6, 6.07) is 5.28. The molecule has 0 heterocycles. The Kier molecular flexibility index (Phi) is 5.31. The van der Waals surface area contributed by atoms with Gasteiger partial charge in [0.2, 0.25) is 20.0 Å². The van der Waals surface area contributed by atoms with Crippen molar-refractivity contribution in [3.63, 3.8) is 0 Å². The Bertz CT molecular complexity index is 666. The second-order valence-electron chi connectivity index (χ2n) is 5.06. The van der Waals surface area contributed by atoms with E-state index in [-0.39, 0.29) is 17.4 Å². The largest absolute Gasteiger partial charge is 0.241 e. The number of primary sulfonamides is 1. The molecule has 0 aromatic heterocycles. The normalized spacial score (nSPS) is 14.4. The minimum atomic E-state index is -4.09. The van der Waals surface area contributed by atoms with Crippen LogP contribution in [0.3, 0.4) is 0 Å². The van der Waals surface area contributed by atoms with E-state index in [1.54, 1.807) is 0 Å². The van der Waals surface area contributed by atoms with Crippen molar-refractivity contribution in [1.29, 1.82) is 0 Å². The smallest absolute Gasteiger partial charge is 0.225 e. The zero-order chi connectivity index (χ0) is 15.6. The Balaban J connectivity index is 3.12. The molecule has 1 rings (SSSR count). The van der Waals surface area contributed by atoms with Crippen LogP contribution in [-0.2, 0) is 20.0 Å². The zero-order valence-electron chi connectivity index (χ0n) is 11.7.